The molecule has 3 aromatic rings. The van der Waals surface area contributed by atoms with E-state index < -0.39 is 23.8 Å². The van der Waals surface area contributed by atoms with Gasteiger partial charge in [0.25, 0.3) is 5.91 Å². The molecule has 1 atom stereocenters. The molecule has 1 heterocycles. The molecule has 0 spiro atoms. The molecule has 5 nitrogen and oxygen atoms in total. The minimum Gasteiger partial charge on any atom is -0.495 e. The van der Waals surface area contributed by atoms with Gasteiger partial charge >= 0.3 is 5.97 Å². The third kappa shape index (κ3) is 4.20. The SMILES string of the molecule is COc1ccc(Cl)cc1NC(=O)[C@H](C)OC(=O)c1cc2c(F)cccc2s1. The van der Waals surface area contributed by atoms with Crippen LogP contribution in [0.3, 0.4) is 0 Å². The van der Waals surface area contributed by atoms with Gasteiger partial charge in [0.05, 0.1) is 12.8 Å². The number of anilines is 1. The second kappa shape index (κ2) is 7.94. The van der Waals surface area contributed by atoms with E-state index in [4.69, 9.17) is 21.1 Å². The Balaban J connectivity index is 1.71. The summed E-state index contributed by atoms with van der Waals surface area (Å²) in [6.07, 6.45) is -1.07. The Kier molecular flexibility index (Phi) is 5.62. The number of hydrogen-bond acceptors (Lipinski definition) is 5. The number of ether oxygens (including phenoxy) is 2. The first-order valence-corrected chi connectivity index (χ1v) is 9.12. The quantitative estimate of drug-likeness (QED) is 0.612. The smallest absolute Gasteiger partial charge is 0.349 e. The lowest BCUT2D eigenvalue weighted by molar-refractivity contribution is -0.123. The van der Waals surface area contributed by atoms with Crippen LogP contribution in [-0.4, -0.2) is 25.1 Å². The Morgan fingerprint density at radius 3 is 2.70 bits per heavy atom. The van der Waals surface area contributed by atoms with Crippen LogP contribution >= 0.6 is 22.9 Å². The summed E-state index contributed by atoms with van der Waals surface area (Å²) in [5.74, 6) is -1.24. The van der Waals surface area contributed by atoms with Gasteiger partial charge in [0, 0.05) is 15.1 Å². The predicted octanol–water partition coefficient (Wildman–Crippen LogP) is 4.89. The normalized spacial score (nSPS) is 11.9. The number of benzene rings is 2. The van der Waals surface area contributed by atoms with E-state index in [-0.39, 0.29) is 4.88 Å². The average molecular weight is 408 g/mol. The number of methoxy groups -OCH3 is 1. The van der Waals surface area contributed by atoms with Crippen LogP contribution in [0.25, 0.3) is 10.1 Å². The summed E-state index contributed by atoms with van der Waals surface area (Å²) in [6.45, 7) is 1.44. The molecule has 1 amide bonds. The fourth-order valence-electron chi connectivity index (χ4n) is 2.41. The predicted molar refractivity (Wildman–Crippen MR) is 103 cm³/mol. The number of carbonyl (C=O) groups is 2. The van der Waals surface area contributed by atoms with Gasteiger partial charge in [-0.3, -0.25) is 4.79 Å². The maximum Gasteiger partial charge on any atom is 0.349 e. The number of rotatable bonds is 5. The first-order chi connectivity index (χ1) is 12.9. The Bertz CT molecular complexity index is 1020. The van der Waals surface area contributed by atoms with Crippen molar-refractivity contribution in [2.24, 2.45) is 0 Å². The highest BCUT2D eigenvalue weighted by Gasteiger charge is 2.22. The molecule has 0 aliphatic rings. The van der Waals surface area contributed by atoms with E-state index in [0.29, 0.717) is 26.5 Å². The van der Waals surface area contributed by atoms with Crippen molar-refractivity contribution in [3.8, 4) is 5.75 Å². The zero-order chi connectivity index (χ0) is 19.6. The van der Waals surface area contributed by atoms with Crippen LogP contribution in [0.15, 0.2) is 42.5 Å². The van der Waals surface area contributed by atoms with Gasteiger partial charge in [-0.2, -0.15) is 0 Å². The molecule has 0 radical (unpaired) electrons. The highest BCUT2D eigenvalue weighted by atomic mass is 35.5. The summed E-state index contributed by atoms with van der Waals surface area (Å²) < 4.78 is 24.8. The largest absolute Gasteiger partial charge is 0.495 e. The maximum atomic E-state index is 13.8. The molecule has 0 saturated heterocycles. The molecule has 1 N–H and O–H groups in total. The fraction of sp³-hybridized carbons (Fsp3) is 0.158. The van der Waals surface area contributed by atoms with Crippen molar-refractivity contribution in [2.75, 3.05) is 12.4 Å². The van der Waals surface area contributed by atoms with Crippen molar-refractivity contribution in [3.63, 3.8) is 0 Å². The van der Waals surface area contributed by atoms with Gasteiger partial charge in [-0.15, -0.1) is 11.3 Å². The minimum absolute atomic E-state index is 0.218. The minimum atomic E-state index is -1.07. The second-order valence-corrected chi connectivity index (χ2v) is 7.16. The van der Waals surface area contributed by atoms with Crippen LogP contribution < -0.4 is 10.1 Å². The topological polar surface area (TPSA) is 64.6 Å². The van der Waals surface area contributed by atoms with Crippen LogP contribution in [0, 0.1) is 5.82 Å². The van der Waals surface area contributed by atoms with Crippen molar-refractivity contribution >= 4 is 50.6 Å². The maximum absolute atomic E-state index is 13.8. The molecule has 27 heavy (non-hydrogen) atoms. The molecule has 1 aromatic heterocycles. The number of nitrogens with one attached hydrogen (secondary N) is 1. The highest BCUT2D eigenvalue weighted by molar-refractivity contribution is 7.20. The number of amides is 1. The van der Waals surface area contributed by atoms with Crippen molar-refractivity contribution in [1.29, 1.82) is 0 Å². The number of fused-ring (bicyclic) bond motifs is 1. The summed E-state index contributed by atoms with van der Waals surface area (Å²) in [4.78, 5) is 24.9. The van der Waals surface area contributed by atoms with E-state index >= 15 is 0 Å². The summed E-state index contributed by atoms with van der Waals surface area (Å²) in [7, 11) is 1.46. The summed E-state index contributed by atoms with van der Waals surface area (Å²) in [5.41, 5.74) is 0.363. The Morgan fingerprint density at radius 1 is 1.22 bits per heavy atom. The molecular weight excluding hydrogens is 393 g/mol. The molecule has 0 saturated carbocycles. The second-order valence-electron chi connectivity index (χ2n) is 5.64. The van der Waals surface area contributed by atoms with Gasteiger partial charge in [-0.1, -0.05) is 17.7 Å². The van der Waals surface area contributed by atoms with Gasteiger partial charge in [0.1, 0.15) is 16.4 Å². The monoisotopic (exact) mass is 407 g/mol. The third-order valence-corrected chi connectivity index (χ3v) is 5.10. The van der Waals surface area contributed by atoms with Gasteiger partial charge in [0.2, 0.25) is 0 Å². The molecule has 0 aliphatic heterocycles. The fourth-order valence-corrected chi connectivity index (χ4v) is 3.54. The average Bonchev–Trinajstić information content (AvgIpc) is 3.08. The van der Waals surface area contributed by atoms with E-state index in [2.05, 4.69) is 5.32 Å². The third-order valence-electron chi connectivity index (χ3n) is 3.78. The molecular formula is C19H15ClFNO4S. The highest BCUT2D eigenvalue weighted by Crippen LogP contribution is 2.29. The van der Waals surface area contributed by atoms with Crippen molar-refractivity contribution < 1.29 is 23.5 Å². The van der Waals surface area contributed by atoms with Crippen molar-refractivity contribution in [2.45, 2.75) is 13.0 Å². The van der Waals surface area contributed by atoms with Crippen LogP contribution in [0.4, 0.5) is 10.1 Å². The first-order valence-electron chi connectivity index (χ1n) is 7.92. The lowest BCUT2D eigenvalue weighted by atomic mass is 10.2. The molecule has 0 bridgehead atoms. The van der Waals surface area contributed by atoms with Crippen LogP contribution in [-0.2, 0) is 9.53 Å². The molecule has 0 unspecified atom stereocenters. The van der Waals surface area contributed by atoms with Crippen molar-refractivity contribution in [3.05, 3.63) is 58.2 Å². The number of thiophene rings is 1. The molecule has 140 valence electrons. The molecule has 8 heteroatoms. The lowest BCUT2D eigenvalue weighted by Crippen LogP contribution is -2.29. The summed E-state index contributed by atoms with van der Waals surface area (Å²) >= 11 is 7.03. The Morgan fingerprint density at radius 2 is 2.00 bits per heavy atom. The first kappa shape index (κ1) is 19.1. The van der Waals surface area contributed by atoms with E-state index in [9.17, 15) is 14.0 Å². The molecule has 3 rings (SSSR count). The zero-order valence-electron chi connectivity index (χ0n) is 14.4. The zero-order valence-corrected chi connectivity index (χ0v) is 16.0. The standard InChI is InChI=1S/C19H15ClFNO4S/c1-10(18(23)22-14-8-11(20)6-7-15(14)25-2)26-19(24)17-9-12-13(21)4-3-5-16(12)27-17/h3-10H,1-2H3,(H,22,23)/t10-/m0/s1. The number of halogens is 2. The van der Waals surface area contributed by atoms with Gasteiger partial charge < -0.3 is 14.8 Å². The van der Waals surface area contributed by atoms with Crippen LogP contribution in [0.5, 0.6) is 5.75 Å². The van der Waals surface area contributed by atoms with Crippen molar-refractivity contribution in [1.82, 2.24) is 0 Å². The van der Waals surface area contributed by atoms with E-state index in [1.165, 1.54) is 32.2 Å². The van der Waals surface area contributed by atoms with Gasteiger partial charge in [0.15, 0.2) is 6.10 Å². The number of carbonyl (C=O) groups excluding carboxylic acids is 2. The molecule has 0 aliphatic carbocycles. The molecule has 2 aromatic carbocycles. The van der Waals surface area contributed by atoms with Gasteiger partial charge in [-0.05, 0) is 43.3 Å². The van der Waals surface area contributed by atoms with E-state index in [1.807, 2.05) is 0 Å². The summed E-state index contributed by atoms with van der Waals surface area (Å²) in [5, 5.41) is 3.37. The Labute approximate surface area is 163 Å². The van der Waals surface area contributed by atoms with Crippen LogP contribution in [0.2, 0.25) is 5.02 Å². The lowest BCUT2D eigenvalue weighted by Gasteiger charge is -2.15. The van der Waals surface area contributed by atoms with E-state index in [1.54, 1.807) is 24.3 Å². The van der Waals surface area contributed by atoms with E-state index in [0.717, 1.165) is 11.3 Å². The Hall–Kier alpha value is -2.64. The van der Waals surface area contributed by atoms with Gasteiger partial charge in [-0.25, -0.2) is 9.18 Å². The number of esters is 1. The van der Waals surface area contributed by atoms with Crippen LogP contribution in [0.1, 0.15) is 16.6 Å². The molecule has 0 fully saturated rings. The summed E-state index contributed by atoms with van der Waals surface area (Å²) in [6, 6.07) is 10.8. The number of hydrogen-bond donors (Lipinski definition) is 1.